The van der Waals surface area contributed by atoms with E-state index in [1.807, 2.05) is 31.2 Å². The fourth-order valence-electron chi connectivity index (χ4n) is 2.04. The van der Waals surface area contributed by atoms with Crippen LogP contribution >= 0.6 is 11.8 Å². The zero-order valence-corrected chi connectivity index (χ0v) is 12.2. The Bertz CT molecular complexity index is 646. The van der Waals surface area contributed by atoms with Crippen LogP contribution in [-0.2, 0) is 0 Å². The third kappa shape index (κ3) is 3.07. The topological polar surface area (TPSA) is 59.9 Å². The number of aromatic nitrogens is 3. The summed E-state index contributed by atoms with van der Waals surface area (Å²) < 4.78 is 7.45. The van der Waals surface area contributed by atoms with Crippen molar-refractivity contribution >= 4 is 11.8 Å². The van der Waals surface area contributed by atoms with Crippen LogP contribution in [0.25, 0.3) is 0 Å². The molecule has 0 saturated heterocycles. The number of H-pyrrole nitrogens is 1. The highest BCUT2D eigenvalue weighted by Gasteiger charge is 2.28. The Labute approximate surface area is 121 Å². The van der Waals surface area contributed by atoms with Gasteiger partial charge in [0.2, 0.25) is 0 Å². The second-order valence-electron chi connectivity index (χ2n) is 4.93. The SMILES string of the molecule is Cc1cccc(OCCSc2n[nH]c(=O)n2C2CC2)c1. The molecule has 0 unspecified atom stereocenters. The van der Waals surface area contributed by atoms with Gasteiger partial charge in [-0.1, -0.05) is 23.9 Å². The smallest absolute Gasteiger partial charge is 0.344 e. The molecule has 1 aromatic carbocycles. The molecule has 2 aromatic rings. The van der Waals surface area contributed by atoms with Crippen molar-refractivity contribution in [3.05, 3.63) is 40.3 Å². The first kappa shape index (κ1) is 13.3. The van der Waals surface area contributed by atoms with Crippen LogP contribution in [0.1, 0.15) is 24.4 Å². The van der Waals surface area contributed by atoms with E-state index >= 15 is 0 Å². The summed E-state index contributed by atoms with van der Waals surface area (Å²) in [6.45, 7) is 2.64. The first-order chi connectivity index (χ1) is 9.74. The minimum absolute atomic E-state index is 0.102. The predicted octanol–water partition coefficient (Wildman–Crippen LogP) is 2.39. The molecule has 3 rings (SSSR count). The van der Waals surface area contributed by atoms with Crippen molar-refractivity contribution in [2.24, 2.45) is 0 Å². The van der Waals surface area contributed by atoms with E-state index < -0.39 is 0 Å². The van der Waals surface area contributed by atoms with Gasteiger partial charge in [-0.25, -0.2) is 9.89 Å². The minimum atomic E-state index is -0.102. The van der Waals surface area contributed by atoms with E-state index in [2.05, 4.69) is 10.2 Å². The molecule has 0 bridgehead atoms. The lowest BCUT2D eigenvalue weighted by Gasteiger charge is -2.07. The first-order valence-electron chi connectivity index (χ1n) is 6.73. The highest BCUT2D eigenvalue weighted by atomic mass is 32.2. The van der Waals surface area contributed by atoms with Crippen molar-refractivity contribution in [3.63, 3.8) is 0 Å². The van der Waals surface area contributed by atoms with Gasteiger partial charge in [0.25, 0.3) is 0 Å². The van der Waals surface area contributed by atoms with Gasteiger partial charge in [-0.3, -0.25) is 4.57 Å². The molecule has 0 aliphatic heterocycles. The van der Waals surface area contributed by atoms with Crippen molar-refractivity contribution < 1.29 is 4.74 Å². The van der Waals surface area contributed by atoms with Crippen LogP contribution in [0.2, 0.25) is 0 Å². The van der Waals surface area contributed by atoms with Crippen LogP contribution in [0.15, 0.2) is 34.2 Å². The maximum absolute atomic E-state index is 11.6. The van der Waals surface area contributed by atoms with Gasteiger partial charge < -0.3 is 4.74 Å². The lowest BCUT2D eigenvalue weighted by Crippen LogP contribution is -2.16. The lowest BCUT2D eigenvalue weighted by molar-refractivity contribution is 0.343. The number of thioether (sulfide) groups is 1. The Morgan fingerprint density at radius 2 is 2.35 bits per heavy atom. The van der Waals surface area contributed by atoms with Gasteiger partial charge in [0.05, 0.1) is 6.61 Å². The summed E-state index contributed by atoms with van der Waals surface area (Å²) >= 11 is 1.56. The van der Waals surface area contributed by atoms with E-state index in [1.54, 1.807) is 16.3 Å². The van der Waals surface area contributed by atoms with Crippen LogP contribution in [0.4, 0.5) is 0 Å². The molecule has 5 nitrogen and oxygen atoms in total. The van der Waals surface area contributed by atoms with E-state index in [4.69, 9.17) is 4.74 Å². The van der Waals surface area contributed by atoms with Gasteiger partial charge in [-0.2, -0.15) is 0 Å². The number of nitrogens with one attached hydrogen (secondary N) is 1. The highest BCUT2D eigenvalue weighted by Crippen LogP contribution is 2.35. The molecule has 1 aliphatic carbocycles. The van der Waals surface area contributed by atoms with Crippen molar-refractivity contribution in [1.82, 2.24) is 14.8 Å². The van der Waals surface area contributed by atoms with Crippen LogP contribution in [-0.4, -0.2) is 27.1 Å². The summed E-state index contributed by atoms with van der Waals surface area (Å²) in [6, 6.07) is 8.34. The summed E-state index contributed by atoms with van der Waals surface area (Å²) in [5.41, 5.74) is 1.08. The summed E-state index contributed by atoms with van der Waals surface area (Å²) in [6.07, 6.45) is 2.15. The summed E-state index contributed by atoms with van der Waals surface area (Å²) in [7, 11) is 0. The van der Waals surface area contributed by atoms with Gasteiger partial charge in [-0.15, -0.1) is 5.10 Å². The number of hydrogen-bond acceptors (Lipinski definition) is 4. The molecule has 106 valence electrons. The van der Waals surface area contributed by atoms with E-state index in [0.29, 0.717) is 12.6 Å². The Morgan fingerprint density at radius 3 is 3.10 bits per heavy atom. The Morgan fingerprint density at radius 1 is 1.50 bits per heavy atom. The molecule has 6 heteroatoms. The molecular weight excluding hydrogens is 274 g/mol. The molecule has 0 amide bonds. The van der Waals surface area contributed by atoms with Gasteiger partial charge in [-0.05, 0) is 37.5 Å². The van der Waals surface area contributed by atoms with Crippen molar-refractivity contribution in [3.8, 4) is 5.75 Å². The summed E-state index contributed by atoms with van der Waals surface area (Å²) in [4.78, 5) is 11.6. The normalized spacial score (nSPS) is 14.4. The molecule has 1 heterocycles. The number of rotatable bonds is 6. The third-order valence-corrected chi connectivity index (χ3v) is 4.07. The standard InChI is InChI=1S/C14H17N3O2S/c1-10-3-2-4-12(9-10)19-7-8-20-14-16-15-13(18)17(14)11-5-6-11/h2-4,9,11H,5-8H2,1H3,(H,15,18). The second-order valence-corrected chi connectivity index (χ2v) is 5.99. The van der Waals surface area contributed by atoms with Crippen molar-refractivity contribution in [1.29, 1.82) is 0 Å². The fraction of sp³-hybridized carbons (Fsp3) is 0.429. The maximum Gasteiger partial charge on any atom is 0.344 e. The number of aryl methyl sites for hydroxylation is 1. The molecule has 1 fully saturated rings. The molecule has 1 N–H and O–H groups in total. The van der Waals surface area contributed by atoms with E-state index in [1.165, 1.54) is 5.56 Å². The van der Waals surface area contributed by atoms with Gasteiger partial charge in [0, 0.05) is 11.8 Å². The number of hydrogen-bond donors (Lipinski definition) is 1. The molecule has 1 saturated carbocycles. The number of nitrogens with zero attached hydrogens (tertiary/aromatic N) is 2. The zero-order chi connectivity index (χ0) is 13.9. The summed E-state index contributed by atoms with van der Waals surface area (Å²) in [5.74, 6) is 1.65. The molecule has 1 aliphatic rings. The van der Waals surface area contributed by atoms with Gasteiger partial charge >= 0.3 is 5.69 Å². The average Bonchev–Trinajstić information content (AvgIpc) is 3.19. The maximum atomic E-state index is 11.6. The zero-order valence-electron chi connectivity index (χ0n) is 11.3. The average molecular weight is 291 g/mol. The summed E-state index contributed by atoms with van der Waals surface area (Å²) in [5, 5.41) is 7.36. The number of benzene rings is 1. The van der Waals surface area contributed by atoms with Crippen LogP contribution in [0, 0.1) is 6.92 Å². The Balaban J connectivity index is 1.52. The fourth-order valence-corrected chi connectivity index (χ4v) is 2.87. The van der Waals surface area contributed by atoms with Crippen molar-refractivity contribution in [2.45, 2.75) is 31.0 Å². The number of aromatic amines is 1. The minimum Gasteiger partial charge on any atom is -0.493 e. The molecule has 0 atom stereocenters. The molecule has 1 aromatic heterocycles. The first-order valence-corrected chi connectivity index (χ1v) is 7.72. The number of ether oxygens (including phenoxy) is 1. The predicted molar refractivity (Wildman–Crippen MR) is 78.5 cm³/mol. The Kier molecular flexibility index (Phi) is 3.82. The van der Waals surface area contributed by atoms with Crippen LogP contribution < -0.4 is 10.4 Å². The van der Waals surface area contributed by atoms with Crippen LogP contribution in [0.3, 0.4) is 0 Å². The molecule has 0 spiro atoms. The van der Waals surface area contributed by atoms with Crippen molar-refractivity contribution in [2.75, 3.05) is 12.4 Å². The largest absolute Gasteiger partial charge is 0.493 e. The monoisotopic (exact) mass is 291 g/mol. The molecule has 0 radical (unpaired) electrons. The lowest BCUT2D eigenvalue weighted by atomic mass is 10.2. The highest BCUT2D eigenvalue weighted by molar-refractivity contribution is 7.99. The quantitative estimate of drug-likeness (QED) is 0.656. The van der Waals surface area contributed by atoms with Gasteiger partial charge in [0.1, 0.15) is 5.75 Å². The van der Waals surface area contributed by atoms with E-state index in [0.717, 1.165) is 29.5 Å². The second kappa shape index (κ2) is 5.75. The van der Waals surface area contributed by atoms with E-state index in [-0.39, 0.29) is 5.69 Å². The van der Waals surface area contributed by atoms with Crippen LogP contribution in [0.5, 0.6) is 5.75 Å². The molecule has 20 heavy (non-hydrogen) atoms. The molecular formula is C14H17N3O2S. The third-order valence-electron chi connectivity index (χ3n) is 3.16. The van der Waals surface area contributed by atoms with Gasteiger partial charge in [0.15, 0.2) is 5.16 Å². The van der Waals surface area contributed by atoms with E-state index in [9.17, 15) is 4.79 Å². The Hall–Kier alpha value is -1.69.